The lowest BCUT2D eigenvalue weighted by Crippen LogP contribution is -2.49. The Morgan fingerprint density at radius 1 is 1.12 bits per heavy atom. The van der Waals surface area contributed by atoms with Gasteiger partial charge in [-0.1, -0.05) is 41.9 Å². The van der Waals surface area contributed by atoms with Gasteiger partial charge in [0.2, 0.25) is 17.5 Å². The van der Waals surface area contributed by atoms with Crippen LogP contribution in [0.3, 0.4) is 0 Å². The SMILES string of the molecule is COc1ccccc1C=Cc1nc(C#N)c(N2CCN(C(=O)c3ccccc3Cl)CC2)o1. The number of benzene rings is 2. The number of amides is 1. The number of nitriles is 1. The van der Waals surface area contributed by atoms with E-state index in [1.807, 2.05) is 35.2 Å². The average Bonchev–Trinajstić information content (AvgIpc) is 3.26. The number of para-hydroxylation sites is 1. The van der Waals surface area contributed by atoms with Crippen molar-refractivity contribution in [3.05, 3.63) is 76.3 Å². The number of carbonyl (C=O) groups is 1. The Bertz CT molecular complexity index is 1190. The van der Waals surface area contributed by atoms with Crippen molar-refractivity contribution in [2.24, 2.45) is 0 Å². The monoisotopic (exact) mass is 448 g/mol. The summed E-state index contributed by atoms with van der Waals surface area (Å²) < 4.78 is 11.2. The van der Waals surface area contributed by atoms with Crippen LogP contribution in [0.1, 0.15) is 27.5 Å². The fourth-order valence-electron chi connectivity index (χ4n) is 3.57. The molecular weight excluding hydrogens is 428 g/mol. The van der Waals surface area contributed by atoms with Gasteiger partial charge in [-0.3, -0.25) is 4.79 Å². The molecule has 162 valence electrons. The predicted molar refractivity (Wildman–Crippen MR) is 123 cm³/mol. The van der Waals surface area contributed by atoms with E-state index < -0.39 is 0 Å². The van der Waals surface area contributed by atoms with Gasteiger partial charge in [0, 0.05) is 37.8 Å². The highest BCUT2D eigenvalue weighted by atomic mass is 35.5. The van der Waals surface area contributed by atoms with Crippen LogP contribution in [-0.2, 0) is 0 Å². The molecule has 3 aromatic rings. The lowest BCUT2D eigenvalue weighted by molar-refractivity contribution is 0.0745. The van der Waals surface area contributed by atoms with Crippen LogP contribution in [-0.4, -0.2) is 49.1 Å². The molecule has 2 heterocycles. The zero-order valence-corrected chi connectivity index (χ0v) is 18.2. The molecule has 1 fully saturated rings. The number of rotatable bonds is 5. The van der Waals surface area contributed by atoms with Crippen molar-refractivity contribution in [2.45, 2.75) is 0 Å². The summed E-state index contributed by atoms with van der Waals surface area (Å²) in [6.07, 6.45) is 3.54. The largest absolute Gasteiger partial charge is 0.496 e. The maximum absolute atomic E-state index is 12.8. The van der Waals surface area contributed by atoms with E-state index in [0.717, 1.165) is 11.3 Å². The van der Waals surface area contributed by atoms with E-state index in [9.17, 15) is 10.1 Å². The van der Waals surface area contributed by atoms with Crippen molar-refractivity contribution >= 4 is 35.5 Å². The van der Waals surface area contributed by atoms with Crippen LogP contribution in [0.25, 0.3) is 12.2 Å². The van der Waals surface area contributed by atoms with Crippen LogP contribution in [0, 0.1) is 11.3 Å². The Kier molecular flexibility index (Phi) is 6.43. The van der Waals surface area contributed by atoms with Crippen molar-refractivity contribution in [1.29, 1.82) is 5.26 Å². The minimum atomic E-state index is -0.103. The Morgan fingerprint density at radius 3 is 2.56 bits per heavy atom. The number of piperazine rings is 1. The standard InChI is InChI=1S/C24H21ClN4O3/c1-31-21-9-5-2-6-17(21)10-11-22-27-20(16-26)24(32-22)29-14-12-28(13-15-29)23(30)18-7-3-4-8-19(18)25/h2-11H,12-15H2,1H3. The normalized spacial score (nSPS) is 13.9. The predicted octanol–water partition coefficient (Wildman–Crippen LogP) is 4.34. The van der Waals surface area contributed by atoms with Gasteiger partial charge in [-0.25, -0.2) is 0 Å². The summed E-state index contributed by atoms with van der Waals surface area (Å²) in [5.74, 6) is 1.37. The molecule has 0 N–H and O–H groups in total. The molecule has 32 heavy (non-hydrogen) atoms. The van der Waals surface area contributed by atoms with Crippen molar-refractivity contribution in [2.75, 3.05) is 38.2 Å². The van der Waals surface area contributed by atoms with E-state index >= 15 is 0 Å². The minimum absolute atomic E-state index is 0.103. The molecule has 0 atom stereocenters. The Labute approximate surface area is 191 Å². The highest BCUT2D eigenvalue weighted by Gasteiger charge is 2.27. The molecule has 0 spiro atoms. The van der Waals surface area contributed by atoms with Gasteiger partial charge in [0.15, 0.2) is 0 Å². The van der Waals surface area contributed by atoms with E-state index in [2.05, 4.69) is 11.1 Å². The quantitative estimate of drug-likeness (QED) is 0.577. The summed E-state index contributed by atoms with van der Waals surface area (Å²) in [5.41, 5.74) is 1.58. The molecule has 8 heteroatoms. The maximum Gasteiger partial charge on any atom is 0.255 e. The van der Waals surface area contributed by atoms with Gasteiger partial charge >= 0.3 is 0 Å². The molecule has 4 rings (SSSR count). The molecule has 0 aliphatic carbocycles. The molecule has 0 radical (unpaired) electrons. The first-order chi connectivity index (χ1) is 15.6. The molecule has 0 unspecified atom stereocenters. The Morgan fingerprint density at radius 2 is 1.84 bits per heavy atom. The molecule has 1 amide bonds. The van der Waals surface area contributed by atoms with E-state index in [1.165, 1.54) is 0 Å². The number of anilines is 1. The molecular formula is C24H21ClN4O3. The van der Waals surface area contributed by atoms with Gasteiger partial charge in [-0.2, -0.15) is 10.2 Å². The molecule has 1 aliphatic rings. The fourth-order valence-corrected chi connectivity index (χ4v) is 3.79. The number of hydrogen-bond donors (Lipinski definition) is 0. The van der Waals surface area contributed by atoms with Crippen molar-refractivity contribution in [3.8, 4) is 11.8 Å². The van der Waals surface area contributed by atoms with E-state index in [4.69, 9.17) is 20.8 Å². The van der Waals surface area contributed by atoms with Crippen LogP contribution in [0.2, 0.25) is 5.02 Å². The van der Waals surface area contributed by atoms with Gasteiger partial charge in [-0.15, -0.1) is 0 Å². The van der Waals surface area contributed by atoms with Crippen molar-refractivity contribution in [1.82, 2.24) is 9.88 Å². The second kappa shape index (κ2) is 9.58. The summed E-state index contributed by atoms with van der Waals surface area (Å²) in [4.78, 5) is 20.8. The topological polar surface area (TPSA) is 82.6 Å². The zero-order chi connectivity index (χ0) is 22.5. The lowest BCUT2D eigenvalue weighted by atomic mass is 10.2. The van der Waals surface area contributed by atoms with Crippen molar-refractivity contribution < 1.29 is 13.9 Å². The van der Waals surface area contributed by atoms with Crippen LogP contribution in [0.5, 0.6) is 5.75 Å². The number of hydrogen-bond acceptors (Lipinski definition) is 6. The third kappa shape index (κ3) is 4.46. The first-order valence-corrected chi connectivity index (χ1v) is 10.5. The zero-order valence-electron chi connectivity index (χ0n) is 17.5. The third-order valence-corrected chi connectivity index (χ3v) is 5.56. The first kappa shape index (κ1) is 21.5. The van der Waals surface area contributed by atoms with Gasteiger partial charge in [-0.05, 0) is 24.3 Å². The van der Waals surface area contributed by atoms with E-state index in [0.29, 0.717) is 48.5 Å². The molecule has 7 nitrogen and oxygen atoms in total. The molecule has 1 aromatic heterocycles. The summed E-state index contributed by atoms with van der Waals surface area (Å²) in [6.45, 7) is 2.02. The summed E-state index contributed by atoms with van der Waals surface area (Å²) in [6, 6.07) is 16.7. The number of nitrogens with zero attached hydrogens (tertiary/aromatic N) is 4. The third-order valence-electron chi connectivity index (χ3n) is 5.23. The second-order valence-corrected chi connectivity index (χ2v) is 7.56. The number of aromatic nitrogens is 1. The van der Waals surface area contributed by atoms with Crippen molar-refractivity contribution in [3.63, 3.8) is 0 Å². The maximum atomic E-state index is 12.8. The number of halogens is 1. The number of ether oxygens (including phenoxy) is 1. The van der Waals surface area contributed by atoms with E-state index in [1.54, 1.807) is 42.4 Å². The average molecular weight is 449 g/mol. The molecule has 2 aromatic carbocycles. The van der Waals surface area contributed by atoms with Crippen LogP contribution in [0.4, 0.5) is 5.88 Å². The molecule has 0 bridgehead atoms. The number of oxazole rings is 1. The number of carbonyl (C=O) groups excluding carboxylic acids is 1. The smallest absolute Gasteiger partial charge is 0.255 e. The summed E-state index contributed by atoms with van der Waals surface area (Å²) in [7, 11) is 1.61. The summed E-state index contributed by atoms with van der Waals surface area (Å²) >= 11 is 6.17. The Hall–Kier alpha value is -3.76. The second-order valence-electron chi connectivity index (χ2n) is 7.15. The number of methoxy groups -OCH3 is 1. The minimum Gasteiger partial charge on any atom is -0.496 e. The lowest BCUT2D eigenvalue weighted by Gasteiger charge is -2.34. The first-order valence-electron chi connectivity index (χ1n) is 10.1. The fraction of sp³-hybridized carbons (Fsp3) is 0.208. The van der Waals surface area contributed by atoms with Crippen LogP contribution in [0.15, 0.2) is 52.9 Å². The van der Waals surface area contributed by atoms with Gasteiger partial charge in [0.25, 0.3) is 5.91 Å². The van der Waals surface area contributed by atoms with Gasteiger partial charge in [0.1, 0.15) is 11.8 Å². The van der Waals surface area contributed by atoms with Crippen LogP contribution >= 0.6 is 11.6 Å². The van der Waals surface area contributed by atoms with Gasteiger partial charge < -0.3 is 19.0 Å². The molecule has 0 saturated carbocycles. The molecule has 1 aliphatic heterocycles. The highest BCUT2D eigenvalue weighted by molar-refractivity contribution is 6.33. The highest BCUT2D eigenvalue weighted by Crippen LogP contribution is 2.26. The van der Waals surface area contributed by atoms with Crippen LogP contribution < -0.4 is 9.64 Å². The summed E-state index contributed by atoms with van der Waals surface area (Å²) in [5, 5.41) is 9.97. The van der Waals surface area contributed by atoms with E-state index in [-0.39, 0.29) is 11.6 Å². The molecule has 1 saturated heterocycles. The Balaban J connectivity index is 1.46. The van der Waals surface area contributed by atoms with Gasteiger partial charge in [0.05, 0.1) is 17.7 Å².